The van der Waals surface area contributed by atoms with Crippen LogP contribution >= 0.6 is 11.8 Å². The molecule has 1 aromatic heterocycles. The van der Waals surface area contributed by atoms with Crippen LogP contribution in [0.3, 0.4) is 0 Å². The lowest BCUT2D eigenvalue weighted by Crippen LogP contribution is -1.98. The maximum Gasteiger partial charge on any atom is 0.195 e. The van der Waals surface area contributed by atoms with Gasteiger partial charge in [0.25, 0.3) is 0 Å². The Kier molecular flexibility index (Phi) is 4.74. The van der Waals surface area contributed by atoms with Gasteiger partial charge in [0.2, 0.25) is 0 Å². The van der Waals surface area contributed by atoms with Crippen LogP contribution in [0.15, 0.2) is 35.7 Å². The molecule has 0 unspecified atom stereocenters. The van der Waals surface area contributed by atoms with Gasteiger partial charge >= 0.3 is 0 Å². The summed E-state index contributed by atoms with van der Waals surface area (Å²) < 4.78 is 1.99. The topological polar surface area (TPSA) is 47.8 Å². The first-order valence-corrected chi connectivity index (χ1v) is 7.25. The van der Waals surface area contributed by atoms with Gasteiger partial charge in [-0.05, 0) is 31.9 Å². The molecule has 1 heterocycles. The molecule has 0 fully saturated rings. The van der Waals surface area contributed by atoms with Crippen LogP contribution < -0.4 is 0 Å². The Labute approximate surface area is 117 Å². The molecule has 0 bridgehead atoms. The second-order valence-corrected chi connectivity index (χ2v) is 5.49. The van der Waals surface area contributed by atoms with Gasteiger partial charge in [0.1, 0.15) is 12.1 Å². The van der Waals surface area contributed by atoms with Crippen molar-refractivity contribution in [2.24, 2.45) is 0 Å². The first kappa shape index (κ1) is 13.8. The Morgan fingerprint density at radius 2 is 2.16 bits per heavy atom. The van der Waals surface area contributed by atoms with Crippen molar-refractivity contribution in [3.63, 3.8) is 0 Å². The molecule has 1 aromatic carbocycles. The highest BCUT2D eigenvalue weighted by atomic mass is 32.2. The standard InChI is InChI=1S/C14H17N3OS/c1-11-6-3-4-8-13(11)17-10-15-16-14(17)19-9-5-7-12(2)18/h3-4,6,8,10H,5,7,9H2,1-2H3. The van der Waals surface area contributed by atoms with E-state index in [1.165, 1.54) is 5.56 Å². The van der Waals surface area contributed by atoms with Crippen molar-refractivity contribution in [2.45, 2.75) is 31.8 Å². The highest BCUT2D eigenvalue weighted by Crippen LogP contribution is 2.22. The Morgan fingerprint density at radius 1 is 1.37 bits per heavy atom. The number of ketones is 1. The molecular formula is C14H17N3OS. The molecule has 0 radical (unpaired) electrons. The molecule has 0 aliphatic rings. The molecule has 0 aliphatic carbocycles. The van der Waals surface area contributed by atoms with E-state index in [1.54, 1.807) is 25.0 Å². The minimum Gasteiger partial charge on any atom is -0.300 e. The summed E-state index contributed by atoms with van der Waals surface area (Å²) in [5.41, 5.74) is 2.29. The molecule has 5 heteroatoms. The van der Waals surface area contributed by atoms with Gasteiger partial charge in [-0.3, -0.25) is 4.57 Å². The number of nitrogens with zero attached hydrogens (tertiary/aromatic N) is 3. The molecule has 0 amide bonds. The molecule has 2 aromatic rings. The largest absolute Gasteiger partial charge is 0.300 e. The van der Waals surface area contributed by atoms with E-state index in [4.69, 9.17) is 0 Å². The number of hydrogen-bond acceptors (Lipinski definition) is 4. The molecule has 0 saturated carbocycles. The van der Waals surface area contributed by atoms with Crippen LogP contribution in [-0.4, -0.2) is 26.3 Å². The number of carbonyl (C=O) groups excluding carboxylic acids is 1. The summed E-state index contributed by atoms with van der Waals surface area (Å²) in [7, 11) is 0. The van der Waals surface area contributed by atoms with Crippen molar-refractivity contribution in [1.82, 2.24) is 14.8 Å². The average Bonchev–Trinajstić information content (AvgIpc) is 2.83. The van der Waals surface area contributed by atoms with Crippen LogP contribution in [0.5, 0.6) is 0 Å². The van der Waals surface area contributed by atoms with Crippen molar-refractivity contribution >= 4 is 17.5 Å². The van der Waals surface area contributed by atoms with Crippen LogP contribution in [0.4, 0.5) is 0 Å². The summed E-state index contributed by atoms with van der Waals surface area (Å²) in [6.45, 7) is 3.69. The molecule has 0 atom stereocenters. The van der Waals surface area contributed by atoms with Gasteiger partial charge in [-0.1, -0.05) is 30.0 Å². The van der Waals surface area contributed by atoms with E-state index in [0.717, 1.165) is 23.0 Å². The van der Waals surface area contributed by atoms with E-state index in [1.807, 2.05) is 16.7 Å². The second-order valence-electron chi connectivity index (χ2n) is 4.42. The minimum atomic E-state index is 0.237. The Hall–Kier alpha value is -1.62. The average molecular weight is 275 g/mol. The third kappa shape index (κ3) is 3.67. The second kappa shape index (κ2) is 6.52. The fraction of sp³-hybridized carbons (Fsp3) is 0.357. The first-order valence-electron chi connectivity index (χ1n) is 6.27. The molecule has 0 saturated heterocycles. The number of thioether (sulfide) groups is 1. The van der Waals surface area contributed by atoms with E-state index >= 15 is 0 Å². The molecule has 0 spiro atoms. The van der Waals surface area contributed by atoms with Gasteiger partial charge < -0.3 is 4.79 Å². The van der Waals surface area contributed by atoms with Gasteiger partial charge in [-0.25, -0.2) is 0 Å². The number of rotatable bonds is 6. The number of para-hydroxylation sites is 1. The van der Waals surface area contributed by atoms with Crippen LogP contribution in [0.1, 0.15) is 25.3 Å². The zero-order chi connectivity index (χ0) is 13.7. The number of benzene rings is 1. The normalized spacial score (nSPS) is 10.6. The van der Waals surface area contributed by atoms with Gasteiger partial charge in [0.05, 0.1) is 5.69 Å². The predicted molar refractivity (Wildman–Crippen MR) is 76.7 cm³/mol. The third-order valence-electron chi connectivity index (χ3n) is 2.80. The van der Waals surface area contributed by atoms with Crippen molar-refractivity contribution in [3.05, 3.63) is 36.2 Å². The van der Waals surface area contributed by atoms with Crippen molar-refractivity contribution in [2.75, 3.05) is 5.75 Å². The molecule has 100 valence electrons. The molecule has 0 aliphatic heterocycles. The maximum atomic E-state index is 10.9. The molecule has 4 nitrogen and oxygen atoms in total. The summed E-state index contributed by atoms with van der Waals surface area (Å²) >= 11 is 1.64. The zero-order valence-electron chi connectivity index (χ0n) is 11.2. The van der Waals surface area contributed by atoms with E-state index in [2.05, 4.69) is 29.3 Å². The fourth-order valence-corrected chi connectivity index (χ4v) is 2.67. The zero-order valence-corrected chi connectivity index (χ0v) is 12.0. The smallest absolute Gasteiger partial charge is 0.195 e. The Bertz CT molecular complexity index is 565. The lowest BCUT2D eigenvalue weighted by atomic mass is 10.2. The van der Waals surface area contributed by atoms with Crippen LogP contribution in [0.25, 0.3) is 5.69 Å². The van der Waals surface area contributed by atoms with Crippen LogP contribution in [0.2, 0.25) is 0 Å². The summed E-state index contributed by atoms with van der Waals surface area (Å²) in [4.78, 5) is 10.9. The predicted octanol–water partition coefficient (Wildman–Crippen LogP) is 3.04. The van der Waals surface area contributed by atoms with Crippen LogP contribution in [0, 0.1) is 6.92 Å². The monoisotopic (exact) mass is 275 g/mol. The quantitative estimate of drug-likeness (QED) is 0.600. The third-order valence-corrected chi connectivity index (χ3v) is 3.83. The van der Waals surface area contributed by atoms with E-state index in [9.17, 15) is 4.79 Å². The Balaban J connectivity index is 2.06. The summed E-state index contributed by atoms with van der Waals surface area (Å²) in [5.74, 6) is 1.12. The SMILES string of the molecule is CC(=O)CCCSc1nncn1-c1ccccc1C. The lowest BCUT2D eigenvalue weighted by Gasteiger charge is -2.08. The van der Waals surface area contributed by atoms with Gasteiger partial charge in [-0.2, -0.15) is 0 Å². The van der Waals surface area contributed by atoms with Gasteiger partial charge in [-0.15, -0.1) is 10.2 Å². The number of carbonyl (C=O) groups is 1. The number of aromatic nitrogens is 3. The van der Waals surface area contributed by atoms with Crippen molar-refractivity contribution in [1.29, 1.82) is 0 Å². The number of hydrogen-bond donors (Lipinski definition) is 0. The van der Waals surface area contributed by atoms with Gasteiger partial charge in [0, 0.05) is 12.2 Å². The van der Waals surface area contributed by atoms with Crippen molar-refractivity contribution < 1.29 is 4.79 Å². The van der Waals surface area contributed by atoms with E-state index in [-0.39, 0.29) is 5.78 Å². The molecular weight excluding hydrogens is 258 g/mol. The molecule has 0 N–H and O–H groups in total. The first-order chi connectivity index (χ1) is 9.18. The van der Waals surface area contributed by atoms with Crippen molar-refractivity contribution in [3.8, 4) is 5.69 Å². The van der Waals surface area contributed by atoms with Gasteiger partial charge in [0.15, 0.2) is 5.16 Å². The minimum absolute atomic E-state index is 0.237. The van der Waals surface area contributed by atoms with E-state index < -0.39 is 0 Å². The highest BCUT2D eigenvalue weighted by molar-refractivity contribution is 7.99. The number of aryl methyl sites for hydroxylation is 1. The summed E-state index contributed by atoms with van der Waals surface area (Å²) in [6, 6.07) is 8.15. The highest BCUT2D eigenvalue weighted by Gasteiger charge is 2.08. The number of Topliss-reactive ketones (excluding diaryl/α,β-unsaturated/α-hetero) is 1. The molecule has 2 rings (SSSR count). The summed E-state index contributed by atoms with van der Waals surface area (Å²) in [6.07, 6.45) is 3.24. The maximum absolute atomic E-state index is 10.9. The molecule has 19 heavy (non-hydrogen) atoms. The lowest BCUT2D eigenvalue weighted by molar-refractivity contribution is -0.117. The fourth-order valence-electron chi connectivity index (χ4n) is 1.81. The summed E-state index contributed by atoms with van der Waals surface area (Å²) in [5, 5.41) is 8.99. The Morgan fingerprint density at radius 3 is 2.89 bits per heavy atom. The van der Waals surface area contributed by atoms with E-state index in [0.29, 0.717) is 6.42 Å². The van der Waals surface area contributed by atoms with Crippen LogP contribution in [-0.2, 0) is 4.79 Å².